The third kappa shape index (κ3) is 4.23. The molecule has 10 heteroatoms. The third-order valence-electron chi connectivity index (χ3n) is 3.43. The van der Waals surface area contributed by atoms with E-state index in [1.807, 2.05) is 6.92 Å². The van der Waals surface area contributed by atoms with Crippen molar-refractivity contribution in [3.05, 3.63) is 35.1 Å². The molecule has 0 aliphatic rings. The van der Waals surface area contributed by atoms with E-state index < -0.39 is 6.61 Å². The average Bonchev–Trinajstić information content (AvgIpc) is 3.08. The summed E-state index contributed by atoms with van der Waals surface area (Å²) in [7, 11) is 0. The molecular formula is C15H13ClF2N4O2S. The molecule has 0 atom stereocenters. The van der Waals surface area contributed by atoms with Gasteiger partial charge in [-0.2, -0.15) is 13.9 Å². The SMILES string of the molecule is Cc1c(Cl)cnn1CCC(=O)Nc1nc2ccc(OC(F)F)cc2s1. The minimum absolute atomic E-state index is 0.0510. The van der Waals surface area contributed by atoms with E-state index in [9.17, 15) is 13.6 Å². The van der Waals surface area contributed by atoms with Crippen molar-refractivity contribution >= 4 is 44.2 Å². The molecule has 0 fully saturated rings. The fraction of sp³-hybridized carbons (Fsp3) is 0.267. The second-order valence-electron chi connectivity index (χ2n) is 5.13. The zero-order chi connectivity index (χ0) is 18.0. The molecule has 0 aliphatic heterocycles. The summed E-state index contributed by atoms with van der Waals surface area (Å²) in [4.78, 5) is 16.3. The fourth-order valence-corrected chi connectivity index (χ4v) is 3.22. The van der Waals surface area contributed by atoms with E-state index in [0.717, 1.165) is 5.69 Å². The minimum Gasteiger partial charge on any atom is -0.435 e. The Bertz CT molecular complexity index is 912. The summed E-state index contributed by atoms with van der Waals surface area (Å²) in [6.07, 6.45) is 1.73. The number of amides is 1. The second kappa shape index (κ2) is 7.32. The maximum atomic E-state index is 12.2. The number of nitrogens with one attached hydrogen (secondary N) is 1. The quantitative estimate of drug-likeness (QED) is 0.693. The van der Waals surface area contributed by atoms with Crippen molar-refractivity contribution < 1.29 is 18.3 Å². The van der Waals surface area contributed by atoms with Crippen molar-refractivity contribution in [1.82, 2.24) is 14.8 Å². The summed E-state index contributed by atoms with van der Waals surface area (Å²) in [5, 5.41) is 7.71. The zero-order valence-corrected chi connectivity index (χ0v) is 14.6. The van der Waals surface area contributed by atoms with Crippen molar-refractivity contribution in [3.63, 3.8) is 0 Å². The van der Waals surface area contributed by atoms with Crippen LogP contribution in [0.2, 0.25) is 5.02 Å². The van der Waals surface area contributed by atoms with Gasteiger partial charge in [0.05, 0.1) is 33.7 Å². The number of nitrogens with zero attached hydrogens (tertiary/aromatic N) is 3. The molecular weight excluding hydrogens is 374 g/mol. The normalized spacial score (nSPS) is 11.2. The lowest BCUT2D eigenvalue weighted by Crippen LogP contribution is -2.15. The Labute approximate surface area is 150 Å². The van der Waals surface area contributed by atoms with Crippen LogP contribution in [-0.4, -0.2) is 27.3 Å². The van der Waals surface area contributed by atoms with Crippen molar-refractivity contribution in [3.8, 4) is 5.75 Å². The Morgan fingerprint density at radius 1 is 1.48 bits per heavy atom. The highest BCUT2D eigenvalue weighted by Gasteiger charge is 2.11. The van der Waals surface area contributed by atoms with Gasteiger partial charge in [0.1, 0.15) is 5.75 Å². The van der Waals surface area contributed by atoms with Crippen LogP contribution in [0.3, 0.4) is 0 Å². The lowest BCUT2D eigenvalue weighted by Gasteiger charge is -2.04. The van der Waals surface area contributed by atoms with Crippen LogP contribution >= 0.6 is 22.9 Å². The first-order valence-corrected chi connectivity index (χ1v) is 8.45. The van der Waals surface area contributed by atoms with Crippen molar-refractivity contribution in [2.75, 3.05) is 5.32 Å². The van der Waals surface area contributed by atoms with Crippen LogP contribution in [0, 0.1) is 6.92 Å². The van der Waals surface area contributed by atoms with Crippen LogP contribution in [0.4, 0.5) is 13.9 Å². The number of fused-ring (bicyclic) bond motifs is 1. The number of anilines is 1. The van der Waals surface area contributed by atoms with E-state index in [1.54, 1.807) is 10.7 Å². The molecule has 3 aromatic rings. The number of thiazole rings is 1. The van der Waals surface area contributed by atoms with Crippen molar-refractivity contribution in [2.45, 2.75) is 26.5 Å². The van der Waals surface area contributed by atoms with Gasteiger partial charge in [-0.05, 0) is 25.1 Å². The van der Waals surface area contributed by atoms with E-state index in [0.29, 0.717) is 26.9 Å². The molecule has 2 heterocycles. The predicted molar refractivity (Wildman–Crippen MR) is 91.5 cm³/mol. The first-order valence-electron chi connectivity index (χ1n) is 7.25. The van der Waals surface area contributed by atoms with Gasteiger partial charge in [0.25, 0.3) is 0 Å². The number of hydrogen-bond donors (Lipinski definition) is 1. The van der Waals surface area contributed by atoms with Gasteiger partial charge in [-0.25, -0.2) is 4.98 Å². The molecule has 0 bridgehead atoms. The molecule has 3 rings (SSSR count). The van der Waals surface area contributed by atoms with Gasteiger partial charge < -0.3 is 10.1 Å². The smallest absolute Gasteiger partial charge is 0.387 e. The summed E-state index contributed by atoms with van der Waals surface area (Å²) < 4.78 is 31.1. The summed E-state index contributed by atoms with van der Waals surface area (Å²) in [6.45, 7) is -0.676. The summed E-state index contributed by atoms with van der Waals surface area (Å²) >= 11 is 7.10. The first kappa shape index (κ1) is 17.6. The van der Waals surface area contributed by atoms with E-state index >= 15 is 0 Å². The van der Waals surface area contributed by atoms with Gasteiger partial charge in [-0.3, -0.25) is 9.48 Å². The van der Waals surface area contributed by atoms with Gasteiger partial charge >= 0.3 is 6.61 Å². The molecule has 132 valence electrons. The molecule has 1 aromatic carbocycles. The molecule has 0 saturated carbocycles. The number of halogens is 3. The van der Waals surface area contributed by atoms with Crippen molar-refractivity contribution in [1.29, 1.82) is 0 Å². The molecule has 0 spiro atoms. The number of carbonyl (C=O) groups is 1. The predicted octanol–water partition coefficient (Wildman–Crippen LogP) is 4.08. The molecule has 1 amide bonds. The molecule has 0 aliphatic carbocycles. The summed E-state index contributed by atoms with van der Waals surface area (Å²) in [5.41, 5.74) is 1.39. The lowest BCUT2D eigenvalue weighted by atomic mass is 10.3. The molecule has 6 nitrogen and oxygen atoms in total. The van der Waals surface area contributed by atoms with Gasteiger partial charge in [-0.15, -0.1) is 0 Å². The Balaban J connectivity index is 1.63. The van der Waals surface area contributed by atoms with Crippen LogP contribution in [0.15, 0.2) is 24.4 Å². The molecule has 0 saturated heterocycles. The number of hydrogen-bond acceptors (Lipinski definition) is 5. The van der Waals surface area contributed by atoms with E-state index in [4.69, 9.17) is 11.6 Å². The molecule has 2 aromatic heterocycles. The molecule has 0 radical (unpaired) electrons. The third-order valence-corrected chi connectivity index (χ3v) is 4.73. The zero-order valence-electron chi connectivity index (χ0n) is 13.0. The maximum Gasteiger partial charge on any atom is 0.387 e. The molecule has 0 unspecified atom stereocenters. The monoisotopic (exact) mass is 386 g/mol. The molecule has 25 heavy (non-hydrogen) atoms. The standard InChI is InChI=1S/C15H13ClF2N4O2S/c1-8-10(16)7-19-22(8)5-4-13(23)21-15-20-11-3-2-9(24-14(17)18)6-12(11)25-15/h2-3,6-7,14H,4-5H2,1H3,(H,20,21,23). The van der Waals surface area contributed by atoms with Crippen LogP contribution in [0.1, 0.15) is 12.1 Å². The highest BCUT2D eigenvalue weighted by atomic mass is 35.5. The minimum atomic E-state index is -2.89. The molecule has 1 N–H and O–H groups in total. The van der Waals surface area contributed by atoms with E-state index in [-0.39, 0.29) is 18.1 Å². The van der Waals surface area contributed by atoms with Crippen LogP contribution < -0.4 is 10.1 Å². The number of rotatable bonds is 6. The Morgan fingerprint density at radius 2 is 2.28 bits per heavy atom. The summed E-state index contributed by atoms with van der Waals surface area (Å²) in [5.74, 6) is -0.177. The number of aryl methyl sites for hydroxylation is 1. The average molecular weight is 387 g/mol. The topological polar surface area (TPSA) is 69.0 Å². The number of benzene rings is 1. The van der Waals surface area contributed by atoms with Crippen LogP contribution in [-0.2, 0) is 11.3 Å². The van der Waals surface area contributed by atoms with Gasteiger partial charge in [0, 0.05) is 6.42 Å². The fourth-order valence-electron chi connectivity index (χ4n) is 2.17. The lowest BCUT2D eigenvalue weighted by molar-refractivity contribution is -0.116. The van der Waals surface area contributed by atoms with E-state index in [1.165, 1.54) is 29.7 Å². The number of ether oxygens (including phenoxy) is 1. The Kier molecular flexibility index (Phi) is 5.14. The first-order chi connectivity index (χ1) is 11.9. The van der Waals surface area contributed by atoms with Gasteiger partial charge in [0.15, 0.2) is 5.13 Å². The van der Waals surface area contributed by atoms with Crippen LogP contribution in [0.5, 0.6) is 5.75 Å². The van der Waals surface area contributed by atoms with Gasteiger partial charge in [-0.1, -0.05) is 22.9 Å². The second-order valence-corrected chi connectivity index (χ2v) is 6.56. The Morgan fingerprint density at radius 3 is 2.96 bits per heavy atom. The van der Waals surface area contributed by atoms with Crippen LogP contribution in [0.25, 0.3) is 10.2 Å². The largest absolute Gasteiger partial charge is 0.435 e. The summed E-state index contributed by atoms with van der Waals surface area (Å²) in [6, 6.07) is 4.43. The Hall–Kier alpha value is -2.26. The highest BCUT2D eigenvalue weighted by Crippen LogP contribution is 2.30. The maximum absolute atomic E-state index is 12.2. The van der Waals surface area contributed by atoms with E-state index in [2.05, 4.69) is 20.1 Å². The van der Waals surface area contributed by atoms with Crippen molar-refractivity contribution in [2.24, 2.45) is 0 Å². The number of aromatic nitrogens is 3. The number of alkyl halides is 2. The van der Waals surface area contributed by atoms with Gasteiger partial charge in [0.2, 0.25) is 5.91 Å². The number of carbonyl (C=O) groups excluding carboxylic acids is 1. The highest BCUT2D eigenvalue weighted by molar-refractivity contribution is 7.22.